The minimum Gasteiger partial charge on any atom is -0.497 e. The molecule has 0 heterocycles. The second kappa shape index (κ2) is 5.90. The van der Waals surface area contributed by atoms with E-state index in [1.165, 1.54) is 37.4 Å². The molecular weight excluding hydrogens is 363 g/mol. The number of hydrogen-bond acceptors (Lipinski definition) is 4. The van der Waals surface area contributed by atoms with Crippen LogP contribution < -0.4 is 15.2 Å². The van der Waals surface area contributed by atoms with Crippen molar-refractivity contribution >= 4 is 37.3 Å². The highest BCUT2D eigenvalue weighted by Crippen LogP contribution is 2.27. The van der Waals surface area contributed by atoms with E-state index in [0.717, 1.165) is 6.07 Å². The number of sulfonamides is 1. The second-order valence-corrected chi connectivity index (χ2v) is 6.70. The van der Waals surface area contributed by atoms with Gasteiger partial charge in [-0.15, -0.1) is 0 Å². The molecule has 0 atom stereocenters. The molecule has 0 spiro atoms. The molecule has 0 aliphatic rings. The molecule has 0 aromatic heterocycles. The van der Waals surface area contributed by atoms with Gasteiger partial charge in [-0.2, -0.15) is 0 Å². The smallest absolute Gasteiger partial charge is 0.264 e. The van der Waals surface area contributed by atoms with Gasteiger partial charge in [0.1, 0.15) is 16.5 Å². The SMILES string of the molecule is COc1ccc(F)c(NS(=O)(=O)c2ccc(Br)cc2N)c1. The van der Waals surface area contributed by atoms with E-state index in [2.05, 4.69) is 20.7 Å². The number of benzene rings is 2. The Kier molecular flexibility index (Phi) is 4.38. The first-order valence-electron chi connectivity index (χ1n) is 5.75. The minimum atomic E-state index is -4.00. The molecule has 0 bridgehead atoms. The lowest BCUT2D eigenvalue weighted by atomic mass is 10.3. The number of anilines is 2. The van der Waals surface area contributed by atoms with Crippen LogP contribution in [-0.4, -0.2) is 15.5 Å². The summed E-state index contributed by atoms with van der Waals surface area (Å²) < 4.78 is 46.0. The summed E-state index contributed by atoms with van der Waals surface area (Å²) in [7, 11) is -2.60. The number of hydrogen-bond donors (Lipinski definition) is 2. The van der Waals surface area contributed by atoms with Crippen molar-refractivity contribution in [3.05, 3.63) is 46.7 Å². The number of methoxy groups -OCH3 is 1. The van der Waals surface area contributed by atoms with Gasteiger partial charge < -0.3 is 10.5 Å². The fourth-order valence-electron chi connectivity index (χ4n) is 1.67. The molecular formula is C13H12BrFN2O3S. The average Bonchev–Trinajstić information content (AvgIpc) is 2.40. The van der Waals surface area contributed by atoms with Crippen LogP contribution in [0.15, 0.2) is 45.8 Å². The van der Waals surface area contributed by atoms with Crippen molar-refractivity contribution in [3.63, 3.8) is 0 Å². The Morgan fingerprint density at radius 2 is 1.95 bits per heavy atom. The van der Waals surface area contributed by atoms with Crippen molar-refractivity contribution in [2.24, 2.45) is 0 Å². The van der Waals surface area contributed by atoms with Crippen LogP contribution in [-0.2, 0) is 10.0 Å². The molecule has 0 aliphatic heterocycles. The number of rotatable bonds is 4. The Balaban J connectivity index is 2.42. The van der Waals surface area contributed by atoms with Gasteiger partial charge in [0.05, 0.1) is 18.5 Å². The van der Waals surface area contributed by atoms with Crippen LogP contribution in [0.4, 0.5) is 15.8 Å². The van der Waals surface area contributed by atoms with E-state index < -0.39 is 15.8 Å². The maximum atomic E-state index is 13.7. The zero-order valence-electron chi connectivity index (χ0n) is 10.9. The Morgan fingerprint density at radius 1 is 1.24 bits per heavy atom. The summed E-state index contributed by atoms with van der Waals surface area (Å²) in [5.74, 6) is -0.382. The fraction of sp³-hybridized carbons (Fsp3) is 0.0769. The normalized spacial score (nSPS) is 11.2. The van der Waals surface area contributed by atoms with Gasteiger partial charge in [0.25, 0.3) is 10.0 Å². The lowest BCUT2D eigenvalue weighted by Crippen LogP contribution is -2.15. The Bertz CT molecular complexity index is 781. The van der Waals surface area contributed by atoms with Crippen molar-refractivity contribution in [2.45, 2.75) is 4.90 Å². The molecule has 112 valence electrons. The molecule has 0 aliphatic carbocycles. The van der Waals surface area contributed by atoms with Crippen LogP contribution >= 0.6 is 15.9 Å². The molecule has 8 heteroatoms. The highest BCUT2D eigenvalue weighted by atomic mass is 79.9. The summed E-state index contributed by atoms with van der Waals surface area (Å²) in [5, 5.41) is 0. The number of nitrogen functional groups attached to an aromatic ring is 1. The molecule has 5 nitrogen and oxygen atoms in total. The van der Waals surface area contributed by atoms with Crippen LogP contribution in [0, 0.1) is 5.82 Å². The van der Waals surface area contributed by atoms with Crippen molar-refractivity contribution in [1.82, 2.24) is 0 Å². The number of halogens is 2. The predicted molar refractivity (Wildman–Crippen MR) is 82.3 cm³/mol. The molecule has 0 saturated carbocycles. The quantitative estimate of drug-likeness (QED) is 0.806. The zero-order valence-corrected chi connectivity index (χ0v) is 13.3. The zero-order chi connectivity index (χ0) is 15.6. The number of ether oxygens (including phenoxy) is 1. The van der Waals surface area contributed by atoms with Gasteiger partial charge in [-0.3, -0.25) is 4.72 Å². The second-order valence-electron chi connectivity index (χ2n) is 4.13. The molecule has 0 radical (unpaired) electrons. The lowest BCUT2D eigenvalue weighted by molar-refractivity contribution is 0.414. The van der Waals surface area contributed by atoms with Crippen molar-refractivity contribution in [2.75, 3.05) is 17.6 Å². The third-order valence-corrected chi connectivity index (χ3v) is 4.61. The van der Waals surface area contributed by atoms with Crippen molar-refractivity contribution in [3.8, 4) is 5.75 Å². The summed E-state index contributed by atoms with van der Waals surface area (Å²) in [5.41, 5.74) is 5.53. The highest BCUT2D eigenvalue weighted by Gasteiger charge is 2.19. The summed E-state index contributed by atoms with van der Waals surface area (Å²) in [6, 6.07) is 8.08. The van der Waals surface area contributed by atoms with E-state index in [-0.39, 0.29) is 16.3 Å². The summed E-state index contributed by atoms with van der Waals surface area (Å²) in [6.45, 7) is 0. The molecule has 0 saturated heterocycles. The number of nitrogens with two attached hydrogens (primary N) is 1. The Labute approximate surface area is 130 Å². The molecule has 0 fully saturated rings. The van der Waals surface area contributed by atoms with E-state index in [4.69, 9.17) is 10.5 Å². The molecule has 21 heavy (non-hydrogen) atoms. The van der Waals surface area contributed by atoms with Gasteiger partial charge in [-0.25, -0.2) is 12.8 Å². The summed E-state index contributed by atoms with van der Waals surface area (Å²) in [6.07, 6.45) is 0. The van der Waals surface area contributed by atoms with Crippen LogP contribution in [0.5, 0.6) is 5.75 Å². The molecule has 0 unspecified atom stereocenters. The number of nitrogens with one attached hydrogen (secondary N) is 1. The van der Waals surface area contributed by atoms with E-state index in [0.29, 0.717) is 10.2 Å². The lowest BCUT2D eigenvalue weighted by Gasteiger charge is -2.12. The standard InChI is InChI=1S/C13H12BrFN2O3S/c1-20-9-3-4-10(15)12(7-9)17-21(18,19)13-5-2-8(14)6-11(13)16/h2-7,17H,16H2,1H3. The summed E-state index contributed by atoms with van der Waals surface area (Å²) >= 11 is 3.19. The maximum absolute atomic E-state index is 13.7. The molecule has 2 aromatic rings. The molecule has 2 rings (SSSR count). The topological polar surface area (TPSA) is 81.4 Å². The molecule has 3 N–H and O–H groups in total. The third kappa shape index (κ3) is 3.45. The van der Waals surface area contributed by atoms with Gasteiger partial charge in [0, 0.05) is 10.5 Å². The molecule has 2 aromatic carbocycles. The van der Waals surface area contributed by atoms with Crippen LogP contribution in [0.3, 0.4) is 0 Å². The monoisotopic (exact) mass is 374 g/mol. The van der Waals surface area contributed by atoms with Gasteiger partial charge in [-0.1, -0.05) is 15.9 Å². The third-order valence-electron chi connectivity index (χ3n) is 2.68. The van der Waals surface area contributed by atoms with Crippen molar-refractivity contribution < 1.29 is 17.5 Å². The van der Waals surface area contributed by atoms with Crippen LogP contribution in [0.1, 0.15) is 0 Å². The van der Waals surface area contributed by atoms with E-state index in [1.807, 2.05) is 0 Å². The van der Waals surface area contributed by atoms with Crippen molar-refractivity contribution in [1.29, 1.82) is 0 Å². The van der Waals surface area contributed by atoms with E-state index in [9.17, 15) is 12.8 Å². The minimum absolute atomic E-state index is 0.0557. The first kappa shape index (κ1) is 15.6. The van der Waals surface area contributed by atoms with Crippen LogP contribution in [0.25, 0.3) is 0 Å². The van der Waals surface area contributed by atoms with E-state index in [1.54, 1.807) is 0 Å². The van der Waals surface area contributed by atoms with Gasteiger partial charge in [0.15, 0.2) is 0 Å². The van der Waals surface area contributed by atoms with Gasteiger partial charge in [0.2, 0.25) is 0 Å². The Morgan fingerprint density at radius 3 is 2.57 bits per heavy atom. The summed E-state index contributed by atoms with van der Waals surface area (Å²) in [4.78, 5) is -0.132. The predicted octanol–water partition coefficient (Wildman–Crippen LogP) is 2.98. The Hall–Kier alpha value is -1.80. The first-order valence-corrected chi connectivity index (χ1v) is 8.02. The highest BCUT2D eigenvalue weighted by molar-refractivity contribution is 9.10. The van der Waals surface area contributed by atoms with E-state index >= 15 is 0 Å². The van der Waals surface area contributed by atoms with Gasteiger partial charge in [-0.05, 0) is 30.3 Å². The fourth-order valence-corrected chi connectivity index (χ4v) is 3.22. The van der Waals surface area contributed by atoms with Gasteiger partial charge >= 0.3 is 0 Å². The first-order chi connectivity index (χ1) is 9.83. The van der Waals surface area contributed by atoms with Crippen LogP contribution in [0.2, 0.25) is 0 Å². The largest absolute Gasteiger partial charge is 0.497 e. The molecule has 0 amide bonds. The average molecular weight is 375 g/mol. The maximum Gasteiger partial charge on any atom is 0.264 e.